The standard InChI is InChI=1S/C22H24N2O2/c1-17-6-2-3-8-19(17)15-23-10-12-24(13-11-23)22(25)20-14-18-7-4-5-9-21(18)26-16-20/h2-9,14H,10-13,15-16H2,1H3. The summed E-state index contributed by atoms with van der Waals surface area (Å²) >= 11 is 0. The second-order valence-electron chi connectivity index (χ2n) is 6.99. The van der Waals surface area contributed by atoms with Gasteiger partial charge in [-0.3, -0.25) is 9.69 Å². The highest BCUT2D eigenvalue weighted by Gasteiger charge is 2.25. The van der Waals surface area contributed by atoms with E-state index in [1.54, 1.807) is 0 Å². The van der Waals surface area contributed by atoms with Crippen molar-refractivity contribution < 1.29 is 9.53 Å². The summed E-state index contributed by atoms with van der Waals surface area (Å²) in [6.45, 7) is 6.82. The number of amides is 1. The molecule has 26 heavy (non-hydrogen) atoms. The van der Waals surface area contributed by atoms with Crippen LogP contribution < -0.4 is 4.74 Å². The van der Waals surface area contributed by atoms with E-state index >= 15 is 0 Å². The Morgan fingerprint density at radius 3 is 2.54 bits per heavy atom. The summed E-state index contributed by atoms with van der Waals surface area (Å²) in [6, 6.07) is 16.4. The van der Waals surface area contributed by atoms with Gasteiger partial charge in [0, 0.05) is 38.3 Å². The van der Waals surface area contributed by atoms with Gasteiger partial charge in [0.25, 0.3) is 5.91 Å². The summed E-state index contributed by atoms with van der Waals surface area (Å²) in [7, 11) is 0. The SMILES string of the molecule is Cc1ccccc1CN1CCN(C(=O)C2=Cc3ccccc3OC2)CC1. The average Bonchev–Trinajstić information content (AvgIpc) is 2.69. The van der Waals surface area contributed by atoms with E-state index in [9.17, 15) is 4.79 Å². The van der Waals surface area contributed by atoms with Crippen molar-refractivity contribution in [1.29, 1.82) is 0 Å². The zero-order valence-corrected chi connectivity index (χ0v) is 15.1. The van der Waals surface area contributed by atoms with Crippen LogP contribution in [0.2, 0.25) is 0 Å². The molecule has 0 atom stereocenters. The van der Waals surface area contributed by atoms with Crippen LogP contribution in [0.4, 0.5) is 0 Å². The molecule has 1 fully saturated rings. The molecule has 2 heterocycles. The Bertz CT molecular complexity index is 836. The third-order valence-corrected chi connectivity index (χ3v) is 5.22. The molecule has 0 aliphatic carbocycles. The van der Waals surface area contributed by atoms with Crippen molar-refractivity contribution >= 4 is 12.0 Å². The lowest BCUT2D eigenvalue weighted by Crippen LogP contribution is -2.49. The Kier molecular flexibility index (Phi) is 4.76. The first-order chi connectivity index (χ1) is 12.7. The van der Waals surface area contributed by atoms with E-state index in [1.807, 2.05) is 35.2 Å². The van der Waals surface area contributed by atoms with Gasteiger partial charge in [0.2, 0.25) is 0 Å². The number of fused-ring (bicyclic) bond motifs is 1. The Hall–Kier alpha value is -2.59. The third-order valence-electron chi connectivity index (χ3n) is 5.22. The number of carbonyl (C=O) groups is 1. The molecule has 4 rings (SSSR count). The molecule has 1 saturated heterocycles. The van der Waals surface area contributed by atoms with Crippen molar-refractivity contribution in [3.63, 3.8) is 0 Å². The maximum atomic E-state index is 12.8. The largest absolute Gasteiger partial charge is 0.488 e. The smallest absolute Gasteiger partial charge is 0.253 e. The summed E-state index contributed by atoms with van der Waals surface area (Å²) in [5, 5.41) is 0. The van der Waals surface area contributed by atoms with Crippen LogP contribution in [0.1, 0.15) is 16.7 Å². The minimum atomic E-state index is 0.107. The second kappa shape index (κ2) is 7.34. The fraction of sp³-hybridized carbons (Fsp3) is 0.318. The number of benzene rings is 2. The molecular weight excluding hydrogens is 324 g/mol. The number of rotatable bonds is 3. The van der Waals surface area contributed by atoms with E-state index in [2.05, 4.69) is 36.1 Å². The van der Waals surface area contributed by atoms with Crippen LogP contribution in [0.3, 0.4) is 0 Å². The van der Waals surface area contributed by atoms with Crippen molar-refractivity contribution in [2.75, 3.05) is 32.8 Å². The van der Waals surface area contributed by atoms with Crippen molar-refractivity contribution in [1.82, 2.24) is 9.80 Å². The van der Waals surface area contributed by atoms with Gasteiger partial charge in [-0.15, -0.1) is 0 Å². The molecule has 0 N–H and O–H groups in total. The van der Waals surface area contributed by atoms with Crippen LogP contribution >= 0.6 is 0 Å². The molecule has 0 bridgehead atoms. The maximum Gasteiger partial charge on any atom is 0.253 e. The molecule has 134 valence electrons. The van der Waals surface area contributed by atoms with Gasteiger partial charge >= 0.3 is 0 Å². The minimum absolute atomic E-state index is 0.107. The van der Waals surface area contributed by atoms with Gasteiger partial charge in [-0.25, -0.2) is 0 Å². The summed E-state index contributed by atoms with van der Waals surface area (Å²) < 4.78 is 5.74. The van der Waals surface area contributed by atoms with E-state index in [1.165, 1.54) is 11.1 Å². The van der Waals surface area contributed by atoms with Crippen LogP contribution in [0, 0.1) is 6.92 Å². The molecule has 1 amide bonds. The monoisotopic (exact) mass is 348 g/mol. The molecule has 0 aromatic heterocycles. The molecule has 0 saturated carbocycles. The molecule has 2 aliphatic rings. The number of hydrogen-bond donors (Lipinski definition) is 0. The second-order valence-corrected chi connectivity index (χ2v) is 6.99. The highest BCUT2D eigenvalue weighted by molar-refractivity contribution is 5.99. The molecular formula is C22H24N2O2. The first-order valence-electron chi connectivity index (χ1n) is 9.19. The zero-order valence-electron chi connectivity index (χ0n) is 15.1. The quantitative estimate of drug-likeness (QED) is 0.854. The van der Waals surface area contributed by atoms with Crippen molar-refractivity contribution in [2.45, 2.75) is 13.5 Å². The number of carbonyl (C=O) groups excluding carboxylic acids is 1. The molecule has 2 aliphatic heterocycles. The number of aryl methyl sites for hydroxylation is 1. The van der Waals surface area contributed by atoms with E-state index < -0.39 is 0 Å². The van der Waals surface area contributed by atoms with E-state index in [0.29, 0.717) is 6.61 Å². The van der Waals surface area contributed by atoms with E-state index in [0.717, 1.165) is 49.6 Å². The summed E-state index contributed by atoms with van der Waals surface area (Å²) in [5.74, 6) is 0.960. The first kappa shape index (κ1) is 16.9. The highest BCUT2D eigenvalue weighted by Crippen LogP contribution is 2.26. The van der Waals surface area contributed by atoms with Gasteiger partial charge in [0.1, 0.15) is 12.4 Å². The lowest BCUT2D eigenvalue weighted by Gasteiger charge is -2.35. The Balaban J connectivity index is 1.37. The van der Waals surface area contributed by atoms with Crippen molar-refractivity contribution in [3.05, 3.63) is 70.8 Å². The van der Waals surface area contributed by atoms with Crippen LogP contribution in [0.25, 0.3) is 6.08 Å². The Morgan fingerprint density at radius 2 is 1.73 bits per heavy atom. The fourth-order valence-corrected chi connectivity index (χ4v) is 3.58. The predicted octanol–water partition coefficient (Wildman–Crippen LogP) is 3.12. The van der Waals surface area contributed by atoms with Crippen LogP contribution in [0.5, 0.6) is 5.75 Å². The molecule has 0 radical (unpaired) electrons. The van der Waals surface area contributed by atoms with Crippen LogP contribution in [-0.4, -0.2) is 48.5 Å². The Labute approximate surface area is 154 Å². The van der Waals surface area contributed by atoms with Gasteiger partial charge < -0.3 is 9.64 Å². The van der Waals surface area contributed by atoms with Gasteiger partial charge in [-0.1, -0.05) is 42.5 Å². The maximum absolute atomic E-state index is 12.8. The first-order valence-corrected chi connectivity index (χ1v) is 9.19. The predicted molar refractivity (Wildman–Crippen MR) is 103 cm³/mol. The number of hydrogen-bond acceptors (Lipinski definition) is 3. The van der Waals surface area contributed by atoms with Gasteiger partial charge in [-0.05, 0) is 30.2 Å². The van der Waals surface area contributed by atoms with Crippen molar-refractivity contribution in [2.24, 2.45) is 0 Å². The van der Waals surface area contributed by atoms with Crippen LogP contribution in [-0.2, 0) is 11.3 Å². The fourth-order valence-electron chi connectivity index (χ4n) is 3.58. The lowest BCUT2D eigenvalue weighted by molar-refractivity contribution is -0.129. The molecule has 2 aromatic carbocycles. The number of ether oxygens (including phenoxy) is 1. The molecule has 0 unspecified atom stereocenters. The van der Waals surface area contributed by atoms with Gasteiger partial charge in [0.05, 0.1) is 5.57 Å². The summed E-state index contributed by atoms with van der Waals surface area (Å²) in [5.41, 5.74) is 4.43. The average molecular weight is 348 g/mol. The van der Waals surface area contributed by atoms with Gasteiger partial charge in [0.15, 0.2) is 0 Å². The van der Waals surface area contributed by atoms with Gasteiger partial charge in [-0.2, -0.15) is 0 Å². The topological polar surface area (TPSA) is 32.8 Å². The molecule has 4 nitrogen and oxygen atoms in total. The number of piperazine rings is 1. The van der Waals surface area contributed by atoms with E-state index in [-0.39, 0.29) is 5.91 Å². The molecule has 4 heteroatoms. The van der Waals surface area contributed by atoms with Crippen LogP contribution in [0.15, 0.2) is 54.1 Å². The van der Waals surface area contributed by atoms with E-state index in [4.69, 9.17) is 4.74 Å². The molecule has 2 aromatic rings. The number of nitrogens with zero attached hydrogens (tertiary/aromatic N) is 2. The third kappa shape index (κ3) is 3.51. The highest BCUT2D eigenvalue weighted by atomic mass is 16.5. The normalized spacial score (nSPS) is 17.3. The minimum Gasteiger partial charge on any atom is -0.488 e. The summed E-state index contributed by atoms with van der Waals surface area (Å²) in [4.78, 5) is 17.2. The zero-order chi connectivity index (χ0) is 17.9. The summed E-state index contributed by atoms with van der Waals surface area (Å²) in [6.07, 6.45) is 1.97. The lowest BCUT2D eigenvalue weighted by atomic mass is 10.1. The Morgan fingerprint density at radius 1 is 1.00 bits per heavy atom. The number of para-hydroxylation sites is 1. The van der Waals surface area contributed by atoms with Crippen molar-refractivity contribution in [3.8, 4) is 5.75 Å². The molecule has 0 spiro atoms.